The number of methoxy groups -OCH3 is 1. The van der Waals surface area contributed by atoms with E-state index in [1.807, 2.05) is 42.5 Å². The number of rotatable bonds is 9. The first-order valence-corrected chi connectivity index (χ1v) is 14.5. The molecule has 0 aliphatic rings. The van der Waals surface area contributed by atoms with Crippen LogP contribution in [0, 0.1) is 3.57 Å². The van der Waals surface area contributed by atoms with Crippen LogP contribution in [0.1, 0.15) is 37.9 Å². The normalized spacial score (nSPS) is 13.1. The summed E-state index contributed by atoms with van der Waals surface area (Å²) in [7, 11) is 1.66. The van der Waals surface area contributed by atoms with Gasteiger partial charge in [-0.1, -0.05) is 0 Å². The number of hydrogen-bond acceptors (Lipinski definition) is 3. The van der Waals surface area contributed by atoms with Gasteiger partial charge in [-0.25, -0.2) is 0 Å². The van der Waals surface area contributed by atoms with E-state index in [2.05, 4.69) is 35.6 Å². The molecule has 0 aliphatic carbocycles. The molecule has 0 spiro atoms. The number of para-hydroxylation sites is 1. The summed E-state index contributed by atoms with van der Waals surface area (Å²) < 4.78 is 31.8. The topological polar surface area (TPSA) is 38.7 Å². The van der Waals surface area contributed by atoms with Gasteiger partial charge in [-0.2, -0.15) is 0 Å². The van der Waals surface area contributed by atoms with Gasteiger partial charge in [0.2, 0.25) is 0 Å². The molecule has 1 atom stereocenters. The minimum absolute atomic E-state index is 0.0256. The molecule has 0 saturated carbocycles. The molecule has 0 fully saturated rings. The number of Topliss-reactive ketones (excluding diaryl/α,β-unsaturated/α-hetero) is 1. The van der Waals surface area contributed by atoms with Crippen molar-refractivity contribution in [1.29, 1.82) is 0 Å². The predicted octanol–water partition coefficient (Wildman–Crippen LogP) is 0.114. The van der Waals surface area contributed by atoms with Crippen LogP contribution in [0.25, 0.3) is 0 Å². The molecule has 0 aliphatic heterocycles. The first kappa shape index (κ1) is 26.5. The van der Waals surface area contributed by atoms with Crippen LogP contribution in [0.3, 0.4) is 0 Å². The molecule has 0 radical (unpaired) electrons. The van der Waals surface area contributed by atoms with Gasteiger partial charge < -0.3 is 0 Å². The molecule has 3 aromatic carbocycles. The van der Waals surface area contributed by atoms with Crippen molar-refractivity contribution in [2.75, 3.05) is 13.7 Å². The molecule has 0 N–H and O–H groups in total. The van der Waals surface area contributed by atoms with Crippen molar-refractivity contribution in [3.63, 3.8) is 0 Å². The number of nitrogens with zero attached hydrogens (tertiary/aromatic N) is 1. The number of carbonyl (C=O) groups is 1. The van der Waals surface area contributed by atoms with Gasteiger partial charge in [-0.15, -0.1) is 0 Å². The number of halogens is 5. The van der Waals surface area contributed by atoms with Crippen LogP contribution in [-0.2, 0) is 3.93 Å². The summed E-state index contributed by atoms with van der Waals surface area (Å²) in [6.07, 6.45) is 0. The Morgan fingerprint density at radius 1 is 1.06 bits per heavy atom. The number of carbonyl (C=O) groups excluding carboxylic acids is 1. The molecule has 8 heteroatoms. The van der Waals surface area contributed by atoms with E-state index in [1.54, 1.807) is 7.11 Å². The average molecular weight is 787 g/mol. The van der Waals surface area contributed by atoms with Crippen LogP contribution in [0.2, 0.25) is 0 Å². The summed E-state index contributed by atoms with van der Waals surface area (Å²) in [5.41, 5.74) is 2.39. The second-order valence-corrected chi connectivity index (χ2v) is 13.3. The third-order valence-electron chi connectivity index (χ3n) is 4.82. The minimum atomic E-state index is -2.92. The number of aliphatic imine (C=N–C) groups is 1. The van der Waals surface area contributed by atoms with E-state index in [0.29, 0.717) is 5.56 Å². The van der Waals surface area contributed by atoms with Crippen molar-refractivity contribution in [2.24, 2.45) is 4.99 Å². The van der Waals surface area contributed by atoms with E-state index in [4.69, 9.17) is 9.73 Å². The summed E-state index contributed by atoms with van der Waals surface area (Å²) in [6, 6.07) is 21.5. The monoisotopic (exact) mass is 787 g/mol. The molecule has 0 heterocycles. The summed E-state index contributed by atoms with van der Waals surface area (Å²) >= 11 is 2.42. The first-order chi connectivity index (χ1) is 15.7. The molecule has 3 nitrogen and oxygen atoms in total. The average Bonchev–Trinajstić information content (AvgIpc) is 2.81. The number of alkyl halides is 4. The standard InChI is InChI=1S/C25H22F2I3NO2/c1-16(21-5-3-4-6-23(21)33-2)30-24(18-9-13-20(28)14-10-18)31-15-22(32)17-7-11-19(12-8-17)25(26,27)29/h3-14,16,29H,15H2,1-2H3. The Hall–Kier alpha value is -1.15. The van der Waals surface area contributed by atoms with Gasteiger partial charge in [-0.05, 0) is 0 Å². The van der Waals surface area contributed by atoms with Crippen LogP contribution < -0.4 is 48.5 Å². The van der Waals surface area contributed by atoms with Crippen LogP contribution in [0.5, 0.6) is 5.75 Å². The fourth-order valence-corrected chi connectivity index (χ4v) is 6.64. The summed E-state index contributed by atoms with van der Waals surface area (Å²) in [6.45, 7) is 2.13. The van der Waals surface area contributed by atoms with E-state index in [0.717, 1.165) is 46.8 Å². The van der Waals surface area contributed by atoms with E-state index < -0.39 is 25.1 Å². The number of benzene rings is 3. The van der Waals surface area contributed by atoms with Gasteiger partial charge in [0, 0.05) is 0 Å². The van der Waals surface area contributed by atoms with Gasteiger partial charge in [0.25, 0.3) is 0 Å². The first-order valence-electron chi connectivity index (χ1n) is 9.97. The molecular weight excluding hydrogens is 765 g/mol. The van der Waals surface area contributed by atoms with E-state index in [-0.39, 0.29) is 21.8 Å². The quantitative estimate of drug-likeness (QED) is 0.134. The fourth-order valence-electron chi connectivity index (χ4n) is 3.07. The van der Waals surface area contributed by atoms with Crippen LogP contribution in [0.15, 0.2) is 77.8 Å². The van der Waals surface area contributed by atoms with Crippen molar-refractivity contribution in [3.8, 4) is 5.75 Å². The Labute approximate surface area is 230 Å². The summed E-state index contributed by atoms with van der Waals surface area (Å²) in [5.74, 6) is 0.648. The molecule has 0 saturated heterocycles. The van der Waals surface area contributed by atoms with E-state index in [9.17, 15) is 13.6 Å². The molecule has 174 valence electrons. The van der Waals surface area contributed by atoms with Crippen LogP contribution in [-0.4, -0.2) is 23.2 Å². The van der Waals surface area contributed by atoms with Gasteiger partial charge in [0.1, 0.15) is 0 Å². The molecule has 0 bridgehead atoms. The molecule has 1 unspecified atom stereocenters. The third-order valence-corrected chi connectivity index (χ3v) is 9.37. The van der Waals surface area contributed by atoms with E-state index >= 15 is 0 Å². The molecular formula is C25H22F2I3NO2. The van der Waals surface area contributed by atoms with Gasteiger partial charge in [-0.3, -0.25) is 0 Å². The van der Waals surface area contributed by atoms with Crippen LogP contribution >= 0.6 is 22.6 Å². The van der Waals surface area contributed by atoms with Crippen molar-refractivity contribution < 1.29 is 62.1 Å². The Balaban J connectivity index is 1.84. The summed E-state index contributed by atoms with van der Waals surface area (Å²) in [4.78, 5) is 17.5. The number of ketones is 1. The zero-order valence-corrected chi connectivity index (χ0v) is 24.5. The summed E-state index contributed by atoms with van der Waals surface area (Å²) in [5, 5.41) is 0. The predicted molar refractivity (Wildman–Crippen MR) is 128 cm³/mol. The van der Waals surface area contributed by atoms with Gasteiger partial charge >= 0.3 is 232 Å². The molecule has 3 rings (SSSR count). The van der Waals surface area contributed by atoms with Crippen molar-refractivity contribution in [3.05, 3.63) is 98.6 Å². The van der Waals surface area contributed by atoms with Crippen molar-refractivity contribution in [2.45, 2.75) is 14.8 Å². The number of hydrogen-bond donors (Lipinski definition) is 0. The molecule has 0 amide bonds. The zero-order valence-electron chi connectivity index (χ0n) is 17.9. The number of ether oxygens (including phenoxy) is 1. The SMILES string of the molecule is COc1ccccc1C(C)[I-]C(=NCC(=O)c1ccc(C(F)(F)[IH+])cc1)c1ccc(I)cc1. The van der Waals surface area contributed by atoms with E-state index in [1.165, 1.54) is 24.3 Å². The van der Waals surface area contributed by atoms with Crippen LogP contribution in [0.4, 0.5) is 8.78 Å². The Morgan fingerprint density at radius 2 is 1.67 bits per heavy atom. The molecule has 3 aromatic rings. The Morgan fingerprint density at radius 3 is 2.27 bits per heavy atom. The maximum atomic E-state index is 13.5. The van der Waals surface area contributed by atoms with Gasteiger partial charge in [0.05, 0.1) is 0 Å². The third kappa shape index (κ3) is 7.41. The Bertz CT molecular complexity index is 1130. The Kier molecular flexibility index (Phi) is 9.62. The van der Waals surface area contributed by atoms with Crippen molar-refractivity contribution >= 4 is 32.1 Å². The second-order valence-electron chi connectivity index (χ2n) is 7.10. The molecule has 0 aromatic heterocycles. The van der Waals surface area contributed by atoms with Gasteiger partial charge in [0.15, 0.2) is 0 Å². The second kappa shape index (κ2) is 12.0. The van der Waals surface area contributed by atoms with Crippen molar-refractivity contribution in [1.82, 2.24) is 0 Å². The molecule has 33 heavy (non-hydrogen) atoms. The zero-order chi connectivity index (χ0) is 24.0. The fraction of sp³-hybridized carbons (Fsp3) is 0.200. The maximum absolute atomic E-state index is 13.5.